The average Bonchev–Trinajstić information content (AvgIpc) is 2.61. The molecule has 114 valence electrons. The Bertz CT molecular complexity index is 1180. The maximum atomic E-state index is 12.4. The Hall–Kier alpha value is -3.52. The van der Waals surface area contributed by atoms with Crippen molar-refractivity contribution < 1.29 is 0 Å². The fourth-order valence-corrected chi connectivity index (χ4v) is 2.87. The van der Waals surface area contributed by atoms with Crippen LogP contribution in [0.1, 0.15) is 11.1 Å². The van der Waals surface area contributed by atoms with Gasteiger partial charge < -0.3 is 4.98 Å². The Morgan fingerprint density at radius 1 is 1.04 bits per heavy atom. The van der Waals surface area contributed by atoms with Gasteiger partial charge in [-0.05, 0) is 18.6 Å². The summed E-state index contributed by atoms with van der Waals surface area (Å²) in [5.74, 6) is 0. The number of rotatable bonds is 1. The molecule has 4 aromatic rings. The lowest BCUT2D eigenvalue weighted by Crippen LogP contribution is -2.13. The lowest BCUT2D eigenvalue weighted by molar-refractivity contribution is 1.11. The molecule has 0 bridgehead atoms. The summed E-state index contributed by atoms with van der Waals surface area (Å²) in [6.07, 6.45) is 0. The molecule has 0 aliphatic heterocycles. The fraction of sp³-hybridized carbons (Fsp3) is 0.0526. The third-order valence-electron chi connectivity index (χ3n) is 4.07. The first-order valence-electron chi connectivity index (χ1n) is 7.47. The number of pyridine rings is 1. The Balaban J connectivity index is 2.22. The number of aromatic amines is 1. The van der Waals surface area contributed by atoms with Crippen LogP contribution in [0.15, 0.2) is 53.3 Å². The lowest BCUT2D eigenvalue weighted by atomic mass is 9.98. The van der Waals surface area contributed by atoms with Crippen LogP contribution in [0, 0.1) is 18.3 Å². The normalized spacial score (nSPS) is 10.8. The van der Waals surface area contributed by atoms with Crippen molar-refractivity contribution >= 4 is 21.9 Å². The van der Waals surface area contributed by atoms with E-state index in [4.69, 9.17) is 0 Å². The summed E-state index contributed by atoms with van der Waals surface area (Å²) in [5.41, 5.74) is 3.85. The first-order chi connectivity index (χ1) is 11.7. The number of aromatic nitrogens is 3. The van der Waals surface area contributed by atoms with Crippen molar-refractivity contribution in [2.45, 2.75) is 6.92 Å². The third kappa shape index (κ3) is 2.05. The van der Waals surface area contributed by atoms with Gasteiger partial charge in [-0.1, -0.05) is 48.0 Å². The molecule has 2 heterocycles. The molecule has 0 aliphatic carbocycles. The van der Waals surface area contributed by atoms with Crippen LogP contribution in [-0.4, -0.2) is 15.2 Å². The van der Waals surface area contributed by atoms with Gasteiger partial charge >= 0.3 is 0 Å². The second kappa shape index (κ2) is 5.28. The summed E-state index contributed by atoms with van der Waals surface area (Å²) in [6.45, 7) is 1.98. The van der Waals surface area contributed by atoms with Gasteiger partial charge in [0, 0.05) is 10.9 Å². The van der Waals surface area contributed by atoms with E-state index in [0.717, 1.165) is 16.5 Å². The highest BCUT2D eigenvalue weighted by atomic mass is 16.1. The molecule has 4 rings (SSSR count). The number of hydrogen-bond donors (Lipinski definition) is 1. The van der Waals surface area contributed by atoms with Crippen LogP contribution in [0.25, 0.3) is 33.1 Å². The Morgan fingerprint density at radius 2 is 1.79 bits per heavy atom. The van der Waals surface area contributed by atoms with Crippen LogP contribution < -0.4 is 5.56 Å². The molecule has 0 unspecified atom stereocenters. The maximum absolute atomic E-state index is 12.4. The summed E-state index contributed by atoms with van der Waals surface area (Å²) >= 11 is 0. The number of benzene rings is 2. The molecule has 2 aromatic heterocycles. The van der Waals surface area contributed by atoms with Gasteiger partial charge in [-0.2, -0.15) is 5.26 Å². The number of nitrogens with zero attached hydrogens (tertiary/aromatic N) is 3. The summed E-state index contributed by atoms with van der Waals surface area (Å²) in [7, 11) is 0. The molecular formula is C19H12N4O. The maximum Gasteiger partial charge on any atom is 0.267 e. The van der Waals surface area contributed by atoms with Gasteiger partial charge in [0.05, 0.1) is 11.0 Å². The molecule has 0 radical (unpaired) electrons. The van der Waals surface area contributed by atoms with E-state index in [1.807, 2.05) is 61.5 Å². The second-order valence-electron chi connectivity index (χ2n) is 5.62. The first-order valence-corrected chi connectivity index (χ1v) is 7.47. The lowest BCUT2D eigenvalue weighted by Gasteiger charge is -2.09. The molecule has 0 saturated heterocycles. The van der Waals surface area contributed by atoms with Gasteiger partial charge in [0.25, 0.3) is 5.56 Å². The fourth-order valence-electron chi connectivity index (χ4n) is 2.87. The summed E-state index contributed by atoms with van der Waals surface area (Å²) in [4.78, 5) is 15.2. The van der Waals surface area contributed by atoms with E-state index in [0.29, 0.717) is 22.1 Å². The molecule has 1 N–H and O–H groups in total. The molecule has 2 aromatic carbocycles. The quantitative estimate of drug-likeness (QED) is 0.547. The minimum absolute atomic E-state index is 0.0518. The van der Waals surface area contributed by atoms with E-state index in [2.05, 4.69) is 15.2 Å². The van der Waals surface area contributed by atoms with E-state index in [1.165, 1.54) is 0 Å². The van der Waals surface area contributed by atoms with Crippen LogP contribution in [-0.2, 0) is 0 Å². The average molecular weight is 312 g/mol. The zero-order chi connectivity index (χ0) is 16.7. The number of nitrogens with one attached hydrogen (secondary N) is 1. The van der Waals surface area contributed by atoms with Crippen molar-refractivity contribution in [3.8, 4) is 17.2 Å². The minimum Gasteiger partial charge on any atom is -0.319 e. The van der Waals surface area contributed by atoms with Gasteiger partial charge in [0.15, 0.2) is 0 Å². The van der Waals surface area contributed by atoms with Gasteiger partial charge in [-0.3, -0.25) is 4.79 Å². The van der Waals surface area contributed by atoms with Crippen molar-refractivity contribution in [3.63, 3.8) is 0 Å². The zero-order valence-corrected chi connectivity index (χ0v) is 12.9. The number of hydrogen-bond acceptors (Lipinski definition) is 4. The largest absolute Gasteiger partial charge is 0.319 e. The second-order valence-corrected chi connectivity index (χ2v) is 5.62. The predicted molar refractivity (Wildman–Crippen MR) is 92.6 cm³/mol. The molecule has 0 spiro atoms. The molecule has 0 amide bonds. The molecule has 0 saturated carbocycles. The SMILES string of the molecule is Cc1ccc(-c2c(C#N)c(=O)[nH]c3c2nnc2ccccc23)cc1. The predicted octanol–water partition coefficient (Wildman–Crippen LogP) is 3.32. The monoisotopic (exact) mass is 312 g/mol. The van der Waals surface area contributed by atoms with Crippen molar-refractivity contribution in [1.82, 2.24) is 15.2 Å². The topological polar surface area (TPSA) is 82.4 Å². The molecular weight excluding hydrogens is 300 g/mol. The molecule has 0 atom stereocenters. The summed E-state index contributed by atoms with van der Waals surface area (Å²) < 4.78 is 0. The van der Waals surface area contributed by atoms with E-state index in [9.17, 15) is 10.1 Å². The molecule has 5 nitrogen and oxygen atoms in total. The number of H-pyrrole nitrogens is 1. The van der Waals surface area contributed by atoms with Crippen LogP contribution in [0.5, 0.6) is 0 Å². The smallest absolute Gasteiger partial charge is 0.267 e. The van der Waals surface area contributed by atoms with Gasteiger partial charge in [-0.25, -0.2) is 0 Å². The summed E-state index contributed by atoms with van der Waals surface area (Å²) in [6, 6.07) is 17.1. The minimum atomic E-state index is -0.418. The van der Waals surface area contributed by atoms with Crippen LogP contribution in [0.2, 0.25) is 0 Å². The van der Waals surface area contributed by atoms with Crippen molar-refractivity contribution in [2.75, 3.05) is 0 Å². The van der Waals surface area contributed by atoms with Crippen LogP contribution in [0.3, 0.4) is 0 Å². The van der Waals surface area contributed by atoms with Gasteiger partial charge in [0.2, 0.25) is 0 Å². The highest BCUT2D eigenvalue weighted by Gasteiger charge is 2.17. The standard InChI is InChI=1S/C19H12N4O/c1-11-6-8-12(9-7-11)16-14(10-20)19(24)21-17-13-4-2-3-5-15(13)22-23-18(16)17/h2-9H,1H3,(H,21,24). The van der Waals surface area contributed by atoms with E-state index >= 15 is 0 Å². The summed E-state index contributed by atoms with van der Waals surface area (Å²) in [5, 5.41) is 18.8. The number of nitriles is 1. The third-order valence-corrected chi connectivity index (χ3v) is 4.07. The Morgan fingerprint density at radius 3 is 2.54 bits per heavy atom. The molecule has 24 heavy (non-hydrogen) atoms. The number of fused-ring (bicyclic) bond motifs is 3. The van der Waals surface area contributed by atoms with Crippen molar-refractivity contribution in [3.05, 3.63) is 70.0 Å². The highest BCUT2D eigenvalue weighted by molar-refractivity contribution is 6.06. The highest BCUT2D eigenvalue weighted by Crippen LogP contribution is 2.30. The first kappa shape index (κ1) is 14.1. The van der Waals surface area contributed by atoms with E-state index in [1.54, 1.807) is 0 Å². The van der Waals surface area contributed by atoms with Crippen molar-refractivity contribution in [2.24, 2.45) is 0 Å². The van der Waals surface area contributed by atoms with Crippen molar-refractivity contribution in [1.29, 1.82) is 5.26 Å². The van der Waals surface area contributed by atoms with Gasteiger partial charge in [-0.15, -0.1) is 10.2 Å². The van der Waals surface area contributed by atoms with E-state index < -0.39 is 5.56 Å². The van der Waals surface area contributed by atoms with Gasteiger partial charge in [0.1, 0.15) is 17.1 Å². The van der Waals surface area contributed by atoms with Crippen LogP contribution >= 0.6 is 0 Å². The Labute approximate surface area is 137 Å². The van der Waals surface area contributed by atoms with Crippen LogP contribution in [0.4, 0.5) is 0 Å². The molecule has 0 aliphatic rings. The van der Waals surface area contributed by atoms with E-state index in [-0.39, 0.29) is 5.56 Å². The Kier molecular flexibility index (Phi) is 3.10. The molecule has 5 heteroatoms. The molecule has 0 fully saturated rings. The zero-order valence-electron chi connectivity index (χ0n) is 12.9. The number of aryl methyl sites for hydroxylation is 1.